The molecule has 158 valence electrons. The van der Waals surface area contributed by atoms with E-state index in [1.54, 1.807) is 51.9 Å². The number of hydrogen-bond acceptors (Lipinski definition) is 6. The molecule has 2 amide bonds. The van der Waals surface area contributed by atoms with Gasteiger partial charge >= 0.3 is 11.7 Å². The van der Waals surface area contributed by atoms with Crippen molar-refractivity contribution in [1.82, 2.24) is 30.0 Å². The Labute approximate surface area is 173 Å². The molecule has 3 rings (SSSR count). The Bertz CT molecular complexity index is 1060. The van der Waals surface area contributed by atoms with Crippen LogP contribution in [0.25, 0.3) is 11.4 Å². The van der Waals surface area contributed by atoms with Gasteiger partial charge in [0.1, 0.15) is 0 Å². The Kier molecular flexibility index (Phi) is 6.68. The van der Waals surface area contributed by atoms with Crippen LogP contribution in [0.2, 0.25) is 0 Å². The number of hydrogen-bond donors (Lipinski definition) is 2. The highest BCUT2D eigenvalue weighted by atomic mass is 16.5. The number of methoxy groups -OCH3 is 2. The average Bonchev–Trinajstić information content (AvgIpc) is 3.06. The quantitative estimate of drug-likeness (QED) is 0.574. The lowest BCUT2D eigenvalue weighted by atomic mass is 10.2. The molecule has 0 unspecified atom stereocenters. The van der Waals surface area contributed by atoms with Crippen LogP contribution in [0.5, 0.6) is 11.5 Å². The summed E-state index contributed by atoms with van der Waals surface area (Å²) < 4.78 is 13.2. The number of urea groups is 1. The van der Waals surface area contributed by atoms with Gasteiger partial charge in [-0.15, -0.1) is 5.10 Å². The normalized spacial score (nSPS) is 10.5. The standard InChI is InChI=1S/C20H24N6O4/c1-25-18(15-5-4-8-21-13-15)24-26(20(25)28)10-9-22-19(27)23-12-14-6-7-16(29-2)17(11-14)30-3/h4-8,11,13H,9-10,12H2,1-3H3,(H2,22,23,27). The van der Waals surface area contributed by atoms with Gasteiger partial charge in [0, 0.05) is 38.1 Å². The lowest BCUT2D eigenvalue weighted by Crippen LogP contribution is -2.38. The van der Waals surface area contributed by atoms with Gasteiger partial charge in [-0.3, -0.25) is 9.55 Å². The van der Waals surface area contributed by atoms with Crippen molar-refractivity contribution in [1.29, 1.82) is 0 Å². The smallest absolute Gasteiger partial charge is 0.345 e. The number of nitrogens with one attached hydrogen (secondary N) is 2. The summed E-state index contributed by atoms with van der Waals surface area (Å²) in [6.07, 6.45) is 3.30. The molecule has 0 aliphatic rings. The Morgan fingerprint density at radius 2 is 1.93 bits per heavy atom. The fourth-order valence-corrected chi connectivity index (χ4v) is 2.89. The second-order valence-corrected chi connectivity index (χ2v) is 6.43. The van der Waals surface area contributed by atoms with E-state index in [-0.39, 0.29) is 24.8 Å². The summed E-state index contributed by atoms with van der Waals surface area (Å²) in [5.41, 5.74) is 1.35. The van der Waals surface area contributed by atoms with Crippen LogP contribution >= 0.6 is 0 Å². The minimum Gasteiger partial charge on any atom is -0.493 e. The number of ether oxygens (including phenoxy) is 2. The van der Waals surface area contributed by atoms with Gasteiger partial charge in [-0.05, 0) is 29.8 Å². The summed E-state index contributed by atoms with van der Waals surface area (Å²) in [5.74, 6) is 1.74. The average molecular weight is 412 g/mol. The van der Waals surface area contributed by atoms with Crippen LogP contribution in [0.15, 0.2) is 47.5 Å². The zero-order chi connectivity index (χ0) is 21.5. The van der Waals surface area contributed by atoms with Crippen LogP contribution in [-0.4, -0.2) is 46.1 Å². The van der Waals surface area contributed by atoms with Crippen molar-refractivity contribution in [3.05, 3.63) is 58.8 Å². The number of carbonyl (C=O) groups excluding carboxylic acids is 1. The first-order valence-corrected chi connectivity index (χ1v) is 9.30. The van der Waals surface area contributed by atoms with Crippen LogP contribution in [0.1, 0.15) is 5.56 Å². The van der Waals surface area contributed by atoms with E-state index in [1.807, 2.05) is 12.1 Å². The molecule has 0 saturated heterocycles. The van der Waals surface area contributed by atoms with Crippen molar-refractivity contribution >= 4 is 6.03 Å². The first-order chi connectivity index (χ1) is 14.5. The fraction of sp³-hybridized carbons (Fsp3) is 0.300. The predicted octanol–water partition coefficient (Wildman–Crippen LogP) is 1.16. The molecule has 0 saturated carbocycles. The van der Waals surface area contributed by atoms with Crippen molar-refractivity contribution < 1.29 is 14.3 Å². The fourth-order valence-electron chi connectivity index (χ4n) is 2.89. The molecular formula is C20H24N6O4. The molecule has 0 spiro atoms. The highest BCUT2D eigenvalue weighted by Gasteiger charge is 2.12. The summed E-state index contributed by atoms with van der Waals surface area (Å²) in [4.78, 5) is 28.5. The van der Waals surface area contributed by atoms with E-state index in [9.17, 15) is 9.59 Å². The number of pyridine rings is 1. The number of aromatic nitrogens is 4. The summed E-state index contributed by atoms with van der Waals surface area (Å²) in [5, 5.41) is 9.82. The molecule has 0 aliphatic carbocycles. The maximum Gasteiger partial charge on any atom is 0.345 e. The van der Waals surface area contributed by atoms with Crippen LogP contribution in [0, 0.1) is 0 Å². The zero-order valence-corrected chi connectivity index (χ0v) is 17.1. The number of amides is 2. The third-order valence-electron chi connectivity index (χ3n) is 4.47. The molecule has 3 aromatic rings. The number of benzene rings is 1. The minimum atomic E-state index is -0.346. The Morgan fingerprint density at radius 1 is 1.13 bits per heavy atom. The van der Waals surface area contributed by atoms with Crippen molar-refractivity contribution in [2.24, 2.45) is 7.05 Å². The van der Waals surface area contributed by atoms with Gasteiger partial charge in [0.2, 0.25) is 0 Å². The van der Waals surface area contributed by atoms with E-state index in [2.05, 4.69) is 20.7 Å². The lowest BCUT2D eigenvalue weighted by Gasteiger charge is -2.11. The molecule has 2 heterocycles. The largest absolute Gasteiger partial charge is 0.493 e. The van der Waals surface area contributed by atoms with E-state index in [0.29, 0.717) is 23.9 Å². The van der Waals surface area contributed by atoms with Gasteiger partial charge in [0.25, 0.3) is 0 Å². The molecule has 0 aliphatic heterocycles. The second-order valence-electron chi connectivity index (χ2n) is 6.43. The van der Waals surface area contributed by atoms with Gasteiger partial charge in [-0.25, -0.2) is 14.3 Å². The van der Waals surface area contributed by atoms with E-state index in [0.717, 1.165) is 11.1 Å². The minimum absolute atomic E-state index is 0.247. The summed E-state index contributed by atoms with van der Waals surface area (Å²) in [7, 11) is 4.77. The number of carbonyl (C=O) groups is 1. The van der Waals surface area contributed by atoms with E-state index < -0.39 is 0 Å². The first-order valence-electron chi connectivity index (χ1n) is 9.30. The first kappa shape index (κ1) is 20.9. The van der Waals surface area contributed by atoms with E-state index >= 15 is 0 Å². The highest BCUT2D eigenvalue weighted by Crippen LogP contribution is 2.27. The van der Waals surface area contributed by atoms with Crippen LogP contribution in [0.3, 0.4) is 0 Å². The molecule has 10 heteroatoms. The Balaban J connectivity index is 1.52. The Hall–Kier alpha value is -3.82. The lowest BCUT2D eigenvalue weighted by molar-refractivity contribution is 0.240. The zero-order valence-electron chi connectivity index (χ0n) is 17.1. The molecule has 0 atom stereocenters. The third-order valence-corrected chi connectivity index (χ3v) is 4.47. The molecule has 0 fully saturated rings. The topological polar surface area (TPSA) is 112 Å². The monoisotopic (exact) mass is 412 g/mol. The van der Waals surface area contributed by atoms with Crippen LogP contribution in [0.4, 0.5) is 4.79 Å². The third kappa shape index (κ3) is 4.77. The maximum atomic E-state index is 12.4. The molecule has 0 bridgehead atoms. The van der Waals surface area contributed by atoms with Crippen LogP contribution < -0.4 is 25.8 Å². The molecule has 10 nitrogen and oxygen atoms in total. The van der Waals surface area contributed by atoms with Gasteiger partial charge in [-0.1, -0.05) is 6.07 Å². The molecular weight excluding hydrogens is 388 g/mol. The number of nitrogens with zero attached hydrogens (tertiary/aromatic N) is 4. The molecule has 2 aromatic heterocycles. The van der Waals surface area contributed by atoms with E-state index in [4.69, 9.17) is 9.47 Å². The van der Waals surface area contributed by atoms with Gasteiger partial charge in [0.05, 0.1) is 20.8 Å². The maximum absolute atomic E-state index is 12.4. The molecule has 1 aromatic carbocycles. The summed E-state index contributed by atoms with van der Waals surface area (Å²) in [6.45, 7) is 0.818. The SMILES string of the molecule is COc1ccc(CNC(=O)NCCn2nc(-c3cccnc3)n(C)c2=O)cc1OC. The summed E-state index contributed by atoms with van der Waals surface area (Å²) >= 11 is 0. The van der Waals surface area contributed by atoms with Crippen molar-refractivity contribution in [2.75, 3.05) is 20.8 Å². The Morgan fingerprint density at radius 3 is 2.63 bits per heavy atom. The van der Waals surface area contributed by atoms with Gasteiger partial charge in [-0.2, -0.15) is 0 Å². The van der Waals surface area contributed by atoms with Crippen molar-refractivity contribution in [3.8, 4) is 22.9 Å². The molecule has 30 heavy (non-hydrogen) atoms. The molecule has 2 N–H and O–H groups in total. The highest BCUT2D eigenvalue weighted by molar-refractivity contribution is 5.73. The van der Waals surface area contributed by atoms with E-state index in [1.165, 1.54) is 9.25 Å². The summed E-state index contributed by atoms with van der Waals surface area (Å²) in [6, 6.07) is 8.69. The van der Waals surface area contributed by atoms with Crippen molar-refractivity contribution in [2.45, 2.75) is 13.1 Å². The molecule has 0 radical (unpaired) electrons. The van der Waals surface area contributed by atoms with Gasteiger partial charge in [0.15, 0.2) is 17.3 Å². The van der Waals surface area contributed by atoms with Crippen molar-refractivity contribution in [3.63, 3.8) is 0 Å². The number of rotatable bonds is 8. The van der Waals surface area contributed by atoms with Crippen LogP contribution in [-0.2, 0) is 20.1 Å². The predicted molar refractivity (Wildman–Crippen MR) is 110 cm³/mol. The van der Waals surface area contributed by atoms with Gasteiger partial charge < -0.3 is 20.1 Å². The second kappa shape index (κ2) is 9.59.